The third kappa shape index (κ3) is 4.07. The molecule has 1 aromatic heterocycles. The number of benzene rings is 3. The highest BCUT2D eigenvalue weighted by Gasteiger charge is 2.36. The Bertz CT molecular complexity index is 1320. The summed E-state index contributed by atoms with van der Waals surface area (Å²) in [6, 6.07) is 18.1. The first-order chi connectivity index (χ1) is 16.0. The zero-order valence-electron chi connectivity index (χ0n) is 17.8. The zero-order valence-corrected chi connectivity index (χ0v) is 18.6. The van der Waals surface area contributed by atoms with Crippen molar-refractivity contribution in [3.8, 4) is 11.5 Å². The normalized spacial score (nSPS) is 15.3. The minimum Gasteiger partial charge on any atom is -0.493 e. The summed E-state index contributed by atoms with van der Waals surface area (Å²) in [4.78, 5) is 18.4. The number of ether oxygens (including phenoxy) is 2. The molecule has 7 nitrogen and oxygen atoms in total. The number of hydrogen-bond acceptors (Lipinski definition) is 6. The van der Waals surface area contributed by atoms with Gasteiger partial charge in [-0.1, -0.05) is 48.0 Å². The van der Waals surface area contributed by atoms with Crippen molar-refractivity contribution in [2.45, 2.75) is 25.6 Å². The van der Waals surface area contributed by atoms with Gasteiger partial charge in [0.2, 0.25) is 0 Å². The highest BCUT2D eigenvalue weighted by atomic mass is 35.5. The first-order valence-electron chi connectivity index (χ1n) is 10.4. The standard InChI is InChI=1S/C25H21ClN2O5/c1-31-21-10-7-16-13-28(25-27-19-9-8-17(26)11-22(19)33-25)20(24(29)30)12-18(16)23(21)32-14-15-5-3-2-4-6-15/h2-11,20H,12-14H2,1H3,(H,29,30). The minimum absolute atomic E-state index is 0.214. The summed E-state index contributed by atoms with van der Waals surface area (Å²) in [6.45, 7) is 0.652. The van der Waals surface area contributed by atoms with E-state index < -0.39 is 12.0 Å². The lowest BCUT2D eigenvalue weighted by atomic mass is 9.93. The molecule has 4 aromatic rings. The van der Waals surface area contributed by atoms with Crippen LogP contribution in [0.3, 0.4) is 0 Å². The molecule has 0 bridgehead atoms. The van der Waals surface area contributed by atoms with Crippen molar-refractivity contribution in [1.29, 1.82) is 0 Å². The fourth-order valence-electron chi connectivity index (χ4n) is 4.10. The van der Waals surface area contributed by atoms with Gasteiger partial charge in [0, 0.05) is 29.6 Å². The van der Waals surface area contributed by atoms with Crippen molar-refractivity contribution in [2.24, 2.45) is 0 Å². The van der Waals surface area contributed by atoms with Gasteiger partial charge in [-0.25, -0.2) is 4.79 Å². The molecule has 3 aromatic carbocycles. The Balaban J connectivity index is 1.52. The van der Waals surface area contributed by atoms with E-state index in [9.17, 15) is 9.90 Å². The molecule has 0 saturated heterocycles. The van der Waals surface area contributed by atoms with E-state index in [1.165, 1.54) is 0 Å². The van der Waals surface area contributed by atoms with Crippen molar-refractivity contribution in [3.05, 3.63) is 82.4 Å². The number of carbonyl (C=O) groups is 1. The lowest BCUT2D eigenvalue weighted by Gasteiger charge is -2.34. The molecule has 5 rings (SSSR count). The number of fused-ring (bicyclic) bond motifs is 2. The summed E-state index contributed by atoms with van der Waals surface area (Å²) in [7, 11) is 1.57. The molecule has 33 heavy (non-hydrogen) atoms. The van der Waals surface area contributed by atoms with E-state index in [0.717, 1.165) is 16.7 Å². The lowest BCUT2D eigenvalue weighted by Crippen LogP contribution is -2.46. The second-order valence-electron chi connectivity index (χ2n) is 7.80. The number of carboxylic acid groups (broad SMARTS) is 1. The summed E-state index contributed by atoms with van der Waals surface area (Å²) in [5.74, 6) is 0.158. The van der Waals surface area contributed by atoms with Crippen LogP contribution in [-0.2, 0) is 24.4 Å². The molecule has 1 N–H and O–H groups in total. The van der Waals surface area contributed by atoms with Gasteiger partial charge < -0.3 is 23.9 Å². The number of oxazole rings is 1. The fourth-order valence-corrected chi connectivity index (χ4v) is 4.26. The molecule has 0 radical (unpaired) electrons. The molecule has 2 heterocycles. The van der Waals surface area contributed by atoms with Gasteiger partial charge in [-0.05, 0) is 29.3 Å². The molecule has 0 amide bonds. The van der Waals surface area contributed by atoms with Crippen LogP contribution in [0.25, 0.3) is 11.1 Å². The number of aromatic nitrogens is 1. The molecule has 1 atom stereocenters. The van der Waals surface area contributed by atoms with Crippen LogP contribution in [0.4, 0.5) is 6.01 Å². The van der Waals surface area contributed by atoms with Crippen molar-refractivity contribution >= 4 is 34.7 Å². The molecule has 1 aliphatic heterocycles. The Labute approximate surface area is 195 Å². The van der Waals surface area contributed by atoms with E-state index in [1.54, 1.807) is 30.2 Å². The number of methoxy groups -OCH3 is 1. The van der Waals surface area contributed by atoms with Gasteiger partial charge in [-0.3, -0.25) is 0 Å². The molecule has 0 spiro atoms. The topological polar surface area (TPSA) is 85.0 Å². The maximum atomic E-state index is 12.3. The summed E-state index contributed by atoms with van der Waals surface area (Å²) < 4.78 is 17.6. The first kappa shape index (κ1) is 21.2. The summed E-state index contributed by atoms with van der Waals surface area (Å²) in [5.41, 5.74) is 3.87. The van der Waals surface area contributed by atoms with E-state index in [0.29, 0.717) is 40.8 Å². The van der Waals surface area contributed by atoms with Gasteiger partial charge in [-0.15, -0.1) is 0 Å². The smallest absolute Gasteiger partial charge is 0.326 e. The fraction of sp³-hybridized carbons (Fsp3) is 0.200. The van der Waals surface area contributed by atoms with Gasteiger partial charge in [0.05, 0.1) is 7.11 Å². The van der Waals surface area contributed by atoms with Crippen LogP contribution >= 0.6 is 11.6 Å². The van der Waals surface area contributed by atoms with E-state index in [2.05, 4.69) is 4.98 Å². The van der Waals surface area contributed by atoms with E-state index in [4.69, 9.17) is 25.5 Å². The van der Waals surface area contributed by atoms with Crippen LogP contribution in [0, 0.1) is 0 Å². The van der Waals surface area contributed by atoms with Crippen molar-refractivity contribution in [2.75, 3.05) is 12.0 Å². The van der Waals surface area contributed by atoms with Crippen LogP contribution < -0.4 is 14.4 Å². The van der Waals surface area contributed by atoms with Crippen LogP contribution in [0.5, 0.6) is 11.5 Å². The number of anilines is 1. The van der Waals surface area contributed by atoms with Gasteiger partial charge in [0.1, 0.15) is 18.2 Å². The molecule has 168 valence electrons. The number of nitrogens with zero attached hydrogens (tertiary/aromatic N) is 2. The predicted octanol–water partition coefficient (Wildman–Crippen LogP) is 5.08. The molecular weight excluding hydrogens is 444 g/mol. The average Bonchev–Trinajstić information content (AvgIpc) is 3.25. The van der Waals surface area contributed by atoms with Crippen molar-refractivity contribution in [1.82, 2.24) is 4.98 Å². The number of rotatable bonds is 6. The minimum atomic E-state index is -0.974. The van der Waals surface area contributed by atoms with Gasteiger partial charge in [0.25, 0.3) is 6.01 Å². The number of aliphatic carboxylic acids is 1. The molecule has 0 saturated carbocycles. The molecule has 1 unspecified atom stereocenters. The highest BCUT2D eigenvalue weighted by molar-refractivity contribution is 6.31. The largest absolute Gasteiger partial charge is 0.493 e. The molecular formula is C25H21ClN2O5. The SMILES string of the molecule is COc1ccc2c(c1OCc1ccccc1)CC(C(=O)O)N(c1nc3ccc(Cl)cc3o1)C2. The second kappa shape index (κ2) is 8.67. The Morgan fingerprint density at radius 3 is 2.79 bits per heavy atom. The Morgan fingerprint density at radius 2 is 2.03 bits per heavy atom. The van der Waals surface area contributed by atoms with Crippen LogP contribution in [0.1, 0.15) is 16.7 Å². The summed E-state index contributed by atoms with van der Waals surface area (Å²) in [5, 5.41) is 10.6. The van der Waals surface area contributed by atoms with E-state index in [-0.39, 0.29) is 12.4 Å². The lowest BCUT2D eigenvalue weighted by molar-refractivity contribution is -0.138. The van der Waals surface area contributed by atoms with Crippen LogP contribution in [-0.4, -0.2) is 29.2 Å². The second-order valence-corrected chi connectivity index (χ2v) is 8.24. The number of halogens is 1. The predicted molar refractivity (Wildman–Crippen MR) is 124 cm³/mol. The van der Waals surface area contributed by atoms with Gasteiger partial charge in [0.15, 0.2) is 17.1 Å². The van der Waals surface area contributed by atoms with E-state index >= 15 is 0 Å². The molecule has 1 aliphatic rings. The number of hydrogen-bond donors (Lipinski definition) is 1. The average molecular weight is 465 g/mol. The number of carboxylic acids is 1. The van der Waals surface area contributed by atoms with Crippen molar-refractivity contribution in [3.63, 3.8) is 0 Å². The van der Waals surface area contributed by atoms with E-state index in [1.807, 2.05) is 42.5 Å². The third-order valence-electron chi connectivity index (χ3n) is 5.75. The third-order valence-corrected chi connectivity index (χ3v) is 5.99. The first-order valence-corrected chi connectivity index (χ1v) is 10.8. The van der Waals surface area contributed by atoms with Gasteiger partial charge >= 0.3 is 5.97 Å². The maximum absolute atomic E-state index is 12.3. The monoisotopic (exact) mass is 464 g/mol. The maximum Gasteiger partial charge on any atom is 0.326 e. The Kier molecular flexibility index (Phi) is 5.56. The molecule has 0 aliphatic carbocycles. The van der Waals surface area contributed by atoms with Crippen LogP contribution in [0.15, 0.2) is 65.1 Å². The van der Waals surface area contributed by atoms with Crippen molar-refractivity contribution < 1.29 is 23.8 Å². The Hall–Kier alpha value is -3.71. The quantitative estimate of drug-likeness (QED) is 0.425. The summed E-state index contributed by atoms with van der Waals surface area (Å²) >= 11 is 6.06. The van der Waals surface area contributed by atoms with Gasteiger partial charge in [-0.2, -0.15) is 4.98 Å². The molecule has 8 heteroatoms. The Morgan fingerprint density at radius 1 is 1.21 bits per heavy atom. The zero-order chi connectivity index (χ0) is 22.9. The summed E-state index contributed by atoms with van der Waals surface area (Å²) in [6.07, 6.45) is 0.214. The highest BCUT2D eigenvalue weighted by Crippen LogP contribution is 2.40. The molecule has 0 fully saturated rings. The van der Waals surface area contributed by atoms with Crippen LogP contribution in [0.2, 0.25) is 5.02 Å².